The third-order valence-corrected chi connectivity index (χ3v) is 2.50. The van der Waals surface area contributed by atoms with Crippen molar-refractivity contribution >= 4 is 0 Å². The highest BCUT2D eigenvalue weighted by atomic mass is 16.5. The number of ether oxygens (including phenoxy) is 1. The molecule has 0 saturated carbocycles. The molecule has 1 fully saturated rings. The van der Waals surface area contributed by atoms with Gasteiger partial charge in [-0.05, 0) is 26.3 Å². The van der Waals surface area contributed by atoms with Crippen molar-refractivity contribution in [3.05, 3.63) is 0 Å². The van der Waals surface area contributed by atoms with Gasteiger partial charge in [0.05, 0.1) is 13.2 Å². The predicted octanol–water partition coefficient (Wildman–Crippen LogP) is 0.446. The lowest BCUT2D eigenvalue weighted by Gasteiger charge is -2.32. The van der Waals surface area contributed by atoms with Gasteiger partial charge in [-0.25, -0.2) is 0 Å². The van der Waals surface area contributed by atoms with Crippen molar-refractivity contribution < 1.29 is 4.74 Å². The zero-order chi connectivity index (χ0) is 8.81. The Morgan fingerprint density at radius 3 is 2.67 bits per heavy atom. The summed E-state index contributed by atoms with van der Waals surface area (Å²) in [6.07, 6.45) is 2.36. The molecular formula is C9H20N2O. The normalized spacial score (nSPS) is 22.5. The average molecular weight is 172 g/mol. The third-order valence-electron chi connectivity index (χ3n) is 2.50. The molecular weight excluding hydrogens is 152 g/mol. The second-order valence-electron chi connectivity index (χ2n) is 3.43. The molecule has 0 aromatic heterocycles. The minimum atomic E-state index is 0.678. The molecule has 0 aromatic rings. The molecule has 3 nitrogen and oxygen atoms in total. The molecule has 1 unspecified atom stereocenters. The first-order valence-electron chi connectivity index (χ1n) is 4.86. The van der Waals surface area contributed by atoms with Crippen LogP contribution in [0.15, 0.2) is 0 Å². The van der Waals surface area contributed by atoms with Crippen LogP contribution in [0.1, 0.15) is 19.8 Å². The van der Waals surface area contributed by atoms with Crippen LogP contribution in [0.25, 0.3) is 0 Å². The first-order valence-corrected chi connectivity index (χ1v) is 4.86. The van der Waals surface area contributed by atoms with Gasteiger partial charge in [0.2, 0.25) is 0 Å². The fourth-order valence-electron chi connectivity index (χ4n) is 1.61. The van der Waals surface area contributed by atoms with Gasteiger partial charge < -0.3 is 10.5 Å². The lowest BCUT2D eigenvalue weighted by molar-refractivity contribution is 0.0184. The number of hydrogen-bond donors (Lipinski definition) is 1. The van der Waals surface area contributed by atoms with E-state index in [-0.39, 0.29) is 0 Å². The first-order chi connectivity index (χ1) is 5.84. The van der Waals surface area contributed by atoms with Crippen molar-refractivity contribution in [2.75, 3.05) is 32.8 Å². The minimum absolute atomic E-state index is 0.678. The fraction of sp³-hybridized carbons (Fsp3) is 1.00. The molecule has 1 rings (SSSR count). The Bertz CT molecular complexity index is 113. The van der Waals surface area contributed by atoms with E-state index in [1.165, 1.54) is 6.42 Å². The molecule has 0 aromatic carbocycles. The number of morpholine rings is 1. The Balaban J connectivity index is 2.15. The van der Waals surface area contributed by atoms with E-state index in [4.69, 9.17) is 10.5 Å². The molecule has 3 heteroatoms. The van der Waals surface area contributed by atoms with Crippen LogP contribution in [0.5, 0.6) is 0 Å². The summed E-state index contributed by atoms with van der Waals surface area (Å²) >= 11 is 0. The molecule has 1 aliphatic heterocycles. The smallest absolute Gasteiger partial charge is 0.0594 e. The zero-order valence-corrected chi connectivity index (χ0v) is 7.96. The van der Waals surface area contributed by atoms with Crippen LogP contribution < -0.4 is 5.73 Å². The zero-order valence-electron chi connectivity index (χ0n) is 7.96. The van der Waals surface area contributed by atoms with Crippen molar-refractivity contribution in [1.82, 2.24) is 4.90 Å². The standard InChI is InChI=1S/C9H20N2O/c1-9(3-2-4-10)11-5-7-12-8-6-11/h9H,2-8,10H2,1H3. The summed E-state index contributed by atoms with van der Waals surface area (Å²) in [5, 5.41) is 0. The van der Waals surface area contributed by atoms with E-state index in [0.717, 1.165) is 39.3 Å². The van der Waals surface area contributed by atoms with Crippen molar-refractivity contribution in [1.29, 1.82) is 0 Å². The van der Waals surface area contributed by atoms with Gasteiger partial charge in [-0.2, -0.15) is 0 Å². The number of hydrogen-bond acceptors (Lipinski definition) is 3. The van der Waals surface area contributed by atoms with E-state index in [9.17, 15) is 0 Å². The van der Waals surface area contributed by atoms with Crippen LogP contribution in [0.3, 0.4) is 0 Å². The van der Waals surface area contributed by atoms with Gasteiger partial charge in [0.15, 0.2) is 0 Å². The molecule has 0 aliphatic carbocycles. The third kappa shape index (κ3) is 3.09. The van der Waals surface area contributed by atoms with E-state index >= 15 is 0 Å². The van der Waals surface area contributed by atoms with Crippen molar-refractivity contribution in [3.63, 3.8) is 0 Å². The van der Waals surface area contributed by atoms with E-state index in [1.807, 2.05) is 0 Å². The molecule has 12 heavy (non-hydrogen) atoms. The molecule has 1 heterocycles. The SMILES string of the molecule is CC(CCCN)N1CCOCC1. The molecule has 0 bridgehead atoms. The van der Waals surface area contributed by atoms with Crippen LogP contribution in [0.2, 0.25) is 0 Å². The lowest BCUT2D eigenvalue weighted by Crippen LogP contribution is -2.42. The largest absolute Gasteiger partial charge is 0.379 e. The summed E-state index contributed by atoms with van der Waals surface area (Å²) in [7, 11) is 0. The predicted molar refractivity (Wildman–Crippen MR) is 50.1 cm³/mol. The van der Waals surface area contributed by atoms with Gasteiger partial charge in [0, 0.05) is 19.1 Å². The summed E-state index contributed by atoms with van der Waals surface area (Å²) in [5.41, 5.74) is 5.46. The first kappa shape index (κ1) is 9.96. The average Bonchev–Trinajstić information content (AvgIpc) is 2.15. The Morgan fingerprint density at radius 1 is 1.42 bits per heavy atom. The van der Waals surface area contributed by atoms with Gasteiger partial charge in [-0.3, -0.25) is 4.90 Å². The van der Waals surface area contributed by atoms with Gasteiger partial charge in [-0.15, -0.1) is 0 Å². The second kappa shape index (κ2) is 5.51. The summed E-state index contributed by atoms with van der Waals surface area (Å²) in [5.74, 6) is 0. The van der Waals surface area contributed by atoms with Crippen LogP contribution in [0.4, 0.5) is 0 Å². The van der Waals surface area contributed by atoms with Crippen molar-refractivity contribution in [2.45, 2.75) is 25.8 Å². The quantitative estimate of drug-likeness (QED) is 0.669. The van der Waals surface area contributed by atoms with Crippen LogP contribution in [-0.2, 0) is 4.74 Å². The molecule has 0 spiro atoms. The van der Waals surface area contributed by atoms with E-state index in [2.05, 4.69) is 11.8 Å². The summed E-state index contributed by atoms with van der Waals surface area (Å²) in [6, 6.07) is 0.678. The topological polar surface area (TPSA) is 38.5 Å². The van der Waals surface area contributed by atoms with Crippen LogP contribution in [0, 0.1) is 0 Å². The maximum Gasteiger partial charge on any atom is 0.0594 e. The Morgan fingerprint density at radius 2 is 2.08 bits per heavy atom. The number of nitrogens with two attached hydrogens (primary N) is 1. The molecule has 72 valence electrons. The van der Waals surface area contributed by atoms with Gasteiger partial charge >= 0.3 is 0 Å². The second-order valence-corrected chi connectivity index (χ2v) is 3.43. The van der Waals surface area contributed by atoms with Crippen molar-refractivity contribution in [2.24, 2.45) is 5.73 Å². The minimum Gasteiger partial charge on any atom is -0.379 e. The maximum absolute atomic E-state index is 5.46. The molecule has 0 amide bonds. The van der Waals surface area contributed by atoms with Gasteiger partial charge in [0.1, 0.15) is 0 Å². The lowest BCUT2D eigenvalue weighted by atomic mass is 10.1. The fourth-order valence-corrected chi connectivity index (χ4v) is 1.61. The Hall–Kier alpha value is -0.120. The van der Waals surface area contributed by atoms with Crippen molar-refractivity contribution in [3.8, 4) is 0 Å². The van der Waals surface area contributed by atoms with Crippen LogP contribution in [-0.4, -0.2) is 43.8 Å². The Labute approximate surface area is 74.9 Å². The summed E-state index contributed by atoms with van der Waals surface area (Å²) in [6.45, 7) is 7.06. The highest BCUT2D eigenvalue weighted by Crippen LogP contribution is 2.08. The van der Waals surface area contributed by atoms with E-state index in [1.54, 1.807) is 0 Å². The molecule has 0 radical (unpaired) electrons. The molecule has 1 atom stereocenters. The number of nitrogens with zero attached hydrogens (tertiary/aromatic N) is 1. The van der Waals surface area contributed by atoms with Gasteiger partial charge in [-0.1, -0.05) is 0 Å². The highest BCUT2D eigenvalue weighted by molar-refractivity contribution is 4.69. The number of rotatable bonds is 4. The molecule has 2 N–H and O–H groups in total. The maximum atomic E-state index is 5.46. The van der Waals surface area contributed by atoms with E-state index in [0.29, 0.717) is 6.04 Å². The molecule has 1 aliphatic rings. The Kier molecular flexibility index (Phi) is 4.58. The molecule has 1 saturated heterocycles. The summed E-state index contributed by atoms with van der Waals surface area (Å²) < 4.78 is 5.29. The van der Waals surface area contributed by atoms with Crippen LogP contribution >= 0.6 is 0 Å². The monoisotopic (exact) mass is 172 g/mol. The van der Waals surface area contributed by atoms with Gasteiger partial charge in [0.25, 0.3) is 0 Å². The van der Waals surface area contributed by atoms with E-state index < -0.39 is 0 Å². The highest BCUT2D eigenvalue weighted by Gasteiger charge is 2.15. The summed E-state index contributed by atoms with van der Waals surface area (Å²) in [4.78, 5) is 2.49.